The summed E-state index contributed by atoms with van der Waals surface area (Å²) in [4.78, 5) is 0. The van der Waals surface area contributed by atoms with Gasteiger partial charge in [0.15, 0.2) is 0 Å². The van der Waals surface area contributed by atoms with Gasteiger partial charge in [0.1, 0.15) is 0 Å². The first kappa shape index (κ1) is 31.3. The van der Waals surface area contributed by atoms with E-state index in [1.807, 2.05) is 0 Å². The van der Waals surface area contributed by atoms with Crippen LogP contribution in [0.3, 0.4) is 0 Å². The van der Waals surface area contributed by atoms with Crippen LogP contribution >= 0.6 is 0 Å². The zero-order chi connectivity index (χ0) is 31.6. The third-order valence-corrected chi connectivity index (χ3v) is 10.3. The van der Waals surface area contributed by atoms with E-state index in [0.717, 1.165) is 6.42 Å². The Morgan fingerprint density at radius 3 is 1.33 bits per heavy atom. The van der Waals surface area contributed by atoms with E-state index in [0.29, 0.717) is 5.92 Å². The molecule has 3 aromatic carbocycles. The molecular formula is C43H54. The van der Waals surface area contributed by atoms with E-state index in [9.17, 15) is 0 Å². The topological polar surface area (TPSA) is 0 Å². The van der Waals surface area contributed by atoms with Crippen molar-refractivity contribution in [3.63, 3.8) is 0 Å². The number of allylic oxidation sites excluding steroid dienone is 6. The molecule has 2 aliphatic rings. The van der Waals surface area contributed by atoms with Crippen molar-refractivity contribution in [1.82, 2.24) is 0 Å². The van der Waals surface area contributed by atoms with E-state index in [2.05, 4.69) is 174 Å². The molecule has 0 radical (unpaired) electrons. The predicted molar refractivity (Wildman–Crippen MR) is 188 cm³/mol. The fourth-order valence-corrected chi connectivity index (χ4v) is 6.83. The Bertz CT molecular complexity index is 1500. The van der Waals surface area contributed by atoms with Crippen molar-refractivity contribution < 1.29 is 0 Å². The van der Waals surface area contributed by atoms with Crippen molar-refractivity contribution in [2.45, 2.75) is 111 Å². The summed E-state index contributed by atoms with van der Waals surface area (Å²) < 4.78 is 0. The highest BCUT2D eigenvalue weighted by atomic mass is 14.5. The van der Waals surface area contributed by atoms with Crippen molar-refractivity contribution in [1.29, 1.82) is 0 Å². The van der Waals surface area contributed by atoms with Gasteiger partial charge in [0, 0.05) is 0 Å². The van der Waals surface area contributed by atoms with Gasteiger partial charge in [-0.25, -0.2) is 0 Å². The first-order chi connectivity index (χ1) is 19.8. The van der Waals surface area contributed by atoms with Crippen LogP contribution in [0.25, 0.3) is 5.57 Å². The SMILES string of the molecule is CC(C)C1(C)C=C2C(=CC(c3ccc(C(C)(C)C)cc3)=CC2(c2ccc(C(C)(C)C)cc2)c2ccc(C(C)(C)C)cc2)C1. The number of rotatable bonds is 4. The molecule has 0 aromatic heterocycles. The van der Waals surface area contributed by atoms with Gasteiger partial charge in [-0.2, -0.15) is 0 Å². The minimum atomic E-state index is -0.373. The Morgan fingerprint density at radius 1 is 0.558 bits per heavy atom. The Balaban J connectivity index is 1.81. The highest BCUT2D eigenvalue weighted by Gasteiger charge is 2.47. The van der Waals surface area contributed by atoms with Crippen LogP contribution in [0.2, 0.25) is 0 Å². The Labute approximate surface area is 263 Å². The average molecular weight is 571 g/mol. The Hall–Kier alpha value is -3.12. The van der Waals surface area contributed by atoms with Crippen LogP contribution < -0.4 is 0 Å². The molecule has 0 amide bonds. The molecular weight excluding hydrogens is 516 g/mol. The molecule has 0 fully saturated rings. The Kier molecular flexibility index (Phi) is 7.65. The van der Waals surface area contributed by atoms with Crippen LogP contribution in [0, 0.1) is 11.3 Å². The lowest BCUT2D eigenvalue weighted by molar-refractivity contribution is 0.308. The van der Waals surface area contributed by atoms with Gasteiger partial charge in [0.25, 0.3) is 0 Å². The van der Waals surface area contributed by atoms with Crippen molar-refractivity contribution >= 4 is 5.57 Å². The lowest BCUT2D eigenvalue weighted by Crippen LogP contribution is -2.31. The van der Waals surface area contributed by atoms with Gasteiger partial charge in [0.05, 0.1) is 5.41 Å². The van der Waals surface area contributed by atoms with E-state index in [4.69, 9.17) is 0 Å². The molecule has 0 heteroatoms. The lowest BCUT2D eigenvalue weighted by atomic mass is 9.63. The third-order valence-electron chi connectivity index (χ3n) is 10.3. The Morgan fingerprint density at radius 2 is 0.953 bits per heavy atom. The van der Waals surface area contributed by atoms with Crippen molar-refractivity contribution in [3.05, 3.63) is 136 Å². The van der Waals surface area contributed by atoms with Crippen LogP contribution in [0.4, 0.5) is 0 Å². The molecule has 0 saturated heterocycles. The molecule has 0 spiro atoms. The van der Waals surface area contributed by atoms with E-state index < -0.39 is 0 Å². The fourth-order valence-electron chi connectivity index (χ4n) is 6.83. The first-order valence-corrected chi connectivity index (χ1v) is 16.3. The van der Waals surface area contributed by atoms with E-state index in [1.54, 1.807) is 0 Å². The summed E-state index contributed by atoms with van der Waals surface area (Å²) in [6.07, 6.45) is 8.78. The standard InChI is InChI=1S/C43H54/c1-29(2)42(12)26-32-25-31(30-13-15-33(16-14-30)39(3,4)5)27-43(38(32)28-42,36-21-17-34(18-22-36)40(6,7)8)37-23-19-35(20-24-37)41(9,10)11/h13-25,27-29H,26H2,1-12H3. The maximum Gasteiger partial charge on any atom is 0.0640 e. The van der Waals surface area contributed by atoms with Gasteiger partial charge in [-0.1, -0.05) is 174 Å². The molecule has 0 N–H and O–H groups in total. The number of hydrogen-bond acceptors (Lipinski definition) is 0. The molecule has 226 valence electrons. The van der Waals surface area contributed by atoms with E-state index in [-0.39, 0.29) is 27.1 Å². The summed E-state index contributed by atoms with van der Waals surface area (Å²) in [5.74, 6) is 0.547. The summed E-state index contributed by atoms with van der Waals surface area (Å²) in [5, 5.41) is 0. The highest BCUT2D eigenvalue weighted by Crippen LogP contribution is 2.57. The van der Waals surface area contributed by atoms with Crippen molar-refractivity contribution in [2.24, 2.45) is 11.3 Å². The molecule has 0 aliphatic heterocycles. The maximum atomic E-state index is 2.63. The van der Waals surface area contributed by atoms with Gasteiger partial charge >= 0.3 is 0 Å². The molecule has 0 heterocycles. The molecule has 3 aromatic rings. The molecule has 5 rings (SSSR count). The second-order valence-corrected chi connectivity index (χ2v) is 17.0. The van der Waals surface area contributed by atoms with Gasteiger partial charge in [0.2, 0.25) is 0 Å². The fraction of sp³-hybridized carbons (Fsp3) is 0.442. The summed E-state index contributed by atoms with van der Waals surface area (Å²) in [6.45, 7) is 27.9. The molecule has 43 heavy (non-hydrogen) atoms. The minimum Gasteiger partial charge on any atom is -0.0729 e. The predicted octanol–water partition coefficient (Wildman–Crippen LogP) is 11.9. The molecule has 0 saturated carbocycles. The summed E-state index contributed by atoms with van der Waals surface area (Å²) in [7, 11) is 0. The van der Waals surface area contributed by atoms with Crippen LogP contribution in [0.5, 0.6) is 0 Å². The third kappa shape index (κ3) is 5.75. The largest absolute Gasteiger partial charge is 0.0729 e. The normalized spacial score (nSPS) is 20.4. The summed E-state index contributed by atoms with van der Waals surface area (Å²) in [6, 6.07) is 28.4. The monoisotopic (exact) mass is 570 g/mol. The first-order valence-electron chi connectivity index (χ1n) is 16.3. The lowest BCUT2D eigenvalue weighted by Gasteiger charge is -2.39. The van der Waals surface area contributed by atoms with Crippen molar-refractivity contribution in [3.8, 4) is 0 Å². The molecule has 0 nitrogen and oxygen atoms in total. The summed E-state index contributed by atoms with van der Waals surface area (Å²) in [5.41, 5.74) is 12.4. The van der Waals surface area contributed by atoms with Gasteiger partial charge in [-0.3, -0.25) is 0 Å². The minimum absolute atomic E-state index is 0.107. The smallest absolute Gasteiger partial charge is 0.0640 e. The number of benzene rings is 3. The van der Waals surface area contributed by atoms with E-state index >= 15 is 0 Å². The summed E-state index contributed by atoms with van der Waals surface area (Å²) >= 11 is 0. The highest BCUT2D eigenvalue weighted by molar-refractivity contribution is 5.84. The zero-order valence-corrected chi connectivity index (χ0v) is 28.9. The van der Waals surface area contributed by atoms with Crippen LogP contribution in [-0.2, 0) is 21.7 Å². The zero-order valence-electron chi connectivity index (χ0n) is 28.9. The van der Waals surface area contributed by atoms with Crippen LogP contribution in [-0.4, -0.2) is 0 Å². The van der Waals surface area contributed by atoms with Crippen molar-refractivity contribution in [2.75, 3.05) is 0 Å². The number of fused-ring (bicyclic) bond motifs is 1. The van der Waals surface area contributed by atoms with Gasteiger partial charge in [-0.05, 0) is 84.1 Å². The average Bonchev–Trinajstić information content (AvgIpc) is 3.29. The second-order valence-electron chi connectivity index (χ2n) is 17.0. The molecule has 1 atom stereocenters. The maximum absolute atomic E-state index is 2.63. The number of hydrogen-bond donors (Lipinski definition) is 0. The second kappa shape index (κ2) is 10.5. The van der Waals surface area contributed by atoms with Crippen LogP contribution in [0.15, 0.2) is 102 Å². The van der Waals surface area contributed by atoms with E-state index in [1.165, 1.54) is 50.1 Å². The molecule has 1 unspecified atom stereocenters. The molecule has 0 bridgehead atoms. The van der Waals surface area contributed by atoms with Crippen LogP contribution in [0.1, 0.15) is 123 Å². The quantitative estimate of drug-likeness (QED) is 0.293. The van der Waals surface area contributed by atoms with Gasteiger partial charge in [-0.15, -0.1) is 0 Å². The molecule has 2 aliphatic carbocycles. The van der Waals surface area contributed by atoms with Gasteiger partial charge < -0.3 is 0 Å².